The van der Waals surface area contributed by atoms with E-state index in [0.29, 0.717) is 17.1 Å². The molecule has 0 aliphatic carbocycles. The molecular formula is C31H32N2O6. The number of carbonyl (C=O) groups is 3. The second-order valence-electron chi connectivity index (χ2n) is 9.49. The van der Waals surface area contributed by atoms with Crippen molar-refractivity contribution in [2.24, 2.45) is 13.0 Å². The molecular weight excluding hydrogens is 496 g/mol. The van der Waals surface area contributed by atoms with E-state index in [0.717, 1.165) is 22.2 Å². The third kappa shape index (κ3) is 5.80. The summed E-state index contributed by atoms with van der Waals surface area (Å²) in [6.07, 6.45) is 0. The fraction of sp³-hybridized carbons (Fsp3) is 0.258. The molecule has 0 radical (unpaired) electrons. The summed E-state index contributed by atoms with van der Waals surface area (Å²) in [5.41, 5.74) is 3.28. The zero-order valence-corrected chi connectivity index (χ0v) is 22.7. The van der Waals surface area contributed by atoms with E-state index in [1.165, 1.54) is 14.2 Å². The SMILES string of the molecule is COc1cc(OC)cc(C(=O)N[C@@H](C(=O)OCC(=O)c2c(-c3ccccc3)n(C)c3ccccc23)C(C)C)c1. The Kier molecular flexibility index (Phi) is 8.34. The third-order valence-electron chi connectivity index (χ3n) is 6.60. The summed E-state index contributed by atoms with van der Waals surface area (Å²) in [7, 11) is 4.88. The number of para-hydroxylation sites is 1. The van der Waals surface area contributed by atoms with Crippen LogP contribution in [0.5, 0.6) is 11.5 Å². The zero-order valence-electron chi connectivity index (χ0n) is 22.7. The van der Waals surface area contributed by atoms with Gasteiger partial charge >= 0.3 is 5.97 Å². The first kappa shape index (κ1) is 27.4. The molecule has 0 bridgehead atoms. The van der Waals surface area contributed by atoms with Gasteiger partial charge in [0.25, 0.3) is 5.91 Å². The number of nitrogens with zero attached hydrogens (tertiary/aromatic N) is 1. The van der Waals surface area contributed by atoms with Crippen LogP contribution in [0.3, 0.4) is 0 Å². The average molecular weight is 529 g/mol. The molecule has 1 amide bonds. The fourth-order valence-corrected chi connectivity index (χ4v) is 4.57. The van der Waals surface area contributed by atoms with E-state index in [2.05, 4.69) is 5.32 Å². The Morgan fingerprint density at radius 1 is 0.872 bits per heavy atom. The van der Waals surface area contributed by atoms with Gasteiger partial charge in [0.15, 0.2) is 6.61 Å². The second-order valence-corrected chi connectivity index (χ2v) is 9.49. The number of rotatable bonds is 10. The lowest BCUT2D eigenvalue weighted by Gasteiger charge is -2.21. The summed E-state index contributed by atoms with van der Waals surface area (Å²) in [6, 6.07) is 21.0. The summed E-state index contributed by atoms with van der Waals surface area (Å²) < 4.78 is 17.9. The Bertz CT molecular complexity index is 1480. The first-order valence-corrected chi connectivity index (χ1v) is 12.6. The monoisotopic (exact) mass is 528 g/mol. The molecule has 0 saturated carbocycles. The molecule has 1 heterocycles. The lowest BCUT2D eigenvalue weighted by atomic mass is 10.0. The summed E-state index contributed by atoms with van der Waals surface area (Å²) in [5.74, 6) is -0.916. The highest BCUT2D eigenvalue weighted by atomic mass is 16.5. The highest BCUT2D eigenvalue weighted by molar-refractivity contribution is 6.14. The molecule has 1 N–H and O–H groups in total. The number of esters is 1. The molecule has 0 fully saturated rings. The van der Waals surface area contributed by atoms with Crippen LogP contribution in [0.4, 0.5) is 0 Å². The molecule has 0 aliphatic heterocycles. The summed E-state index contributed by atoms with van der Waals surface area (Å²) >= 11 is 0. The van der Waals surface area contributed by atoms with Gasteiger partial charge in [0, 0.05) is 29.6 Å². The fourth-order valence-electron chi connectivity index (χ4n) is 4.57. The average Bonchev–Trinajstić information content (AvgIpc) is 3.26. The zero-order chi connectivity index (χ0) is 28.1. The number of aromatic nitrogens is 1. The van der Waals surface area contributed by atoms with Gasteiger partial charge < -0.3 is 24.1 Å². The maximum atomic E-state index is 13.5. The number of hydrogen-bond donors (Lipinski definition) is 1. The topological polar surface area (TPSA) is 95.9 Å². The molecule has 4 rings (SSSR count). The number of carbonyl (C=O) groups excluding carboxylic acids is 3. The Balaban J connectivity index is 1.55. The minimum absolute atomic E-state index is 0.268. The van der Waals surface area contributed by atoms with Crippen LogP contribution in [0.25, 0.3) is 22.2 Å². The van der Waals surface area contributed by atoms with Crippen molar-refractivity contribution in [3.8, 4) is 22.8 Å². The van der Waals surface area contributed by atoms with Gasteiger partial charge in [0.05, 0.1) is 25.5 Å². The van der Waals surface area contributed by atoms with Crippen LogP contribution in [-0.4, -0.2) is 49.1 Å². The molecule has 0 saturated heterocycles. The molecule has 8 nitrogen and oxygen atoms in total. The molecule has 0 spiro atoms. The van der Waals surface area contributed by atoms with Crippen LogP contribution in [0.1, 0.15) is 34.6 Å². The van der Waals surface area contributed by atoms with Crippen molar-refractivity contribution in [1.82, 2.24) is 9.88 Å². The van der Waals surface area contributed by atoms with Crippen LogP contribution in [0.2, 0.25) is 0 Å². The quantitative estimate of drug-likeness (QED) is 0.229. The highest BCUT2D eigenvalue weighted by Gasteiger charge is 2.29. The van der Waals surface area contributed by atoms with Gasteiger partial charge in [-0.05, 0) is 29.7 Å². The number of nitrogens with one attached hydrogen (secondary N) is 1. The second kappa shape index (κ2) is 11.9. The first-order chi connectivity index (χ1) is 18.7. The molecule has 0 aliphatic rings. The lowest BCUT2D eigenvalue weighted by Crippen LogP contribution is -2.45. The molecule has 0 unspecified atom stereocenters. The van der Waals surface area contributed by atoms with Crippen molar-refractivity contribution < 1.29 is 28.6 Å². The summed E-state index contributed by atoms with van der Waals surface area (Å²) in [5, 5.41) is 3.51. The largest absolute Gasteiger partial charge is 0.497 e. The van der Waals surface area contributed by atoms with E-state index < -0.39 is 24.5 Å². The van der Waals surface area contributed by atoms with Crippen LogP contribution in [0, 0.1) is 5.92 Å². The number of ketones is 1. The Morgan fingerprint density at radius 3 is 2.10 bits per heavy atom. The maximum absolute atomic E-state index is 13.5. The highest BCUT2D eigenvalue weighted by Crippen LogP contribution is 2.33. The Labute approximate surface area is 227 Å². The van der Waals surface area contributed by atoms with Crippen molar-refractivity contribution in [2.45, 2.75) is 19.9 Å². The lowest BCUT2D eigenvalue weighted by molar-refractivity contribution is -0.145. The van der Waals surface area contributed by atoms with Crippen molar-refractivity contribution in [3.63, 3.8) is 0 Å². The standard InChI is InChI=1S/C31H32N2O6/c1-19(2)28(32-30(35)21-15-22(37-4)17-23(16-21)38-5)31(36)39-18-26(34)27-24-13-9-10-14-25(24)33(3)29(27)20-11-7-6-8-12-20/h6-17,19,28H,18H2,1-5H3,(H,32,35)/t28-/m1/s1. The van der Waals surface area contributed by atoms with E-state index in [1.54, 1.807) is 32.0 Å². The molecule has 202 valence electrons. The van der Waals surface area contributed by atoms with Gasteiger partial charge in [0.1, 0.15) is 17.5 Å². The van der Waals surface area contributed by atoms with Gasteiger partial charge in [-0.2, -0.15) is 0 Å². The van der Waals surface area contributed by atoms with Gasteiger partial charge in [-0.15, -0.1) is 0 Å². The summed E-state index contributed by atoms with van der Waals surface area (Å²) in [4.78, 5) is 39.7. The number of ether oxygens (including phenoxy) is 3. The van der Waals surface area contributed by atoms with E-state index in [1.807, 2.05) is 66.2 Å². The number of amides is 1. The van der Waals surface area contributed by atoms with E-state index >= 15 is 0 Å². The van der Waals surface area contributed by atoms with Gasteiger partial charge in [-0.25, -0.2) is 4.79 Å². The van der Waals surface area contributed by atoms with Crippen molar-refractivity contribution >= 4 is 28.6 Å². The van der Waals surface area contributed by atoms with Crippen LogP contribution < -0.4 is 14.8 Å². The molecule has 4 aromatic rings. The van der Waals surface area contributed by atoms with Crippen molar-refractivity contribution in [1.29, 1.82) is 0 Å². The van der Waals surface area contributed by atoms with Crippen LogP contribution in [0.15, 0.2) is 72.8 Å². The minimum atomic E-state index is -0.969. The van der Waals surface area contributed by atoms with Gasteiger partial charge in [0.2, 0.25) is 5.78 Å². The third-order valence-corrected chi connectivity index (χ3v) is 6.60. The van der Waals surface area contributed by atoms with Gasteiger partial charge in [-0.1, -0.05) is 62.4 Å². The Hall–Kier alpha value is -4.59. The first-order valence-electron chi connectivity index (χ1n) is 12.6. The molecule has 8 heteroatoms. The molecule has 1 atom stereocenters. The molecule has 3 aromatic carbocycles. The number of hydrogen-bond acceptors (Lipinski definition) is 6. The van der Waals surface area contributed by atoms with Crippen molar-refractivity contribution in [2.75, 3.05) is 20.8 Å². The van der Waals surface area contributed by atoms with E-state index in [4.69, 9.17) is 14.2 Å². The number of aryl methyl sites for hydroxylation is 1. The molecule has 39 heavy (non-hydrogen) atoms. The van der Waals surface area contributed by atoms with Gasteiger partial charge in [-0.3, -0.25) is 9.59 Å². The smallest absolute Gasteiger partial charge is 0.329 e. The normalized spacial score (nSPS) is 11.7. The number of methoxy groups -OCH3 is 2. The number of benzene rings is 3. The molecule has 1 aromatic heterocycles. The predicted molar refractivity (Wildman–Crippen MR) is 149 cm³/mol. The van der Waals surface area contributed by atoms with E-state index in [-0.39, 0.29) is 17.3 Å². The van der Waals surface area contributed by atoms with Crippen molar-refractivity contribution in [3.05, 3.63) is 83.9 Å². The van der Waals surface area contributed by atoms with Crippen LogP contribution >= 0.6 is 0 Å². The number of Topliss-reactive ketones (excluding diaryl/α,β-unsaturated/α-hetero) is 1. The summed E-state index contributed by atoms with van der Waals surface area (Å²) in [6.45, 7) is 3.12. The predicted octanol–water partition coefficient (Wildman–Crippen LogP) is 5.04. The Morgan fingerprint density at radius 2 is 1.49 bits per heavy atom. The van der Waals surface area contributed by atoms with E-state index in [9.17, 15) is 14.4 Å². The minimum Gasteiger partial charge on any atom is -0.497 e. The van der Waals surface area contributed by atoms with Crippen LogP contribution in [-0.2, 0) is 16.6 Å². The number of fused-ring (bicyclic) bond motifs is 1. The maximum Gasteiger partial charge on any atom is 0.329 e.